The molecule has 1 amide bonds. The van der Waals surface area contributed by atoms with Crippen molar-refractivity contribution < 1.29 is 14.8 Å². The molecule has 4 nitrogen and oxygen atoms in total. The third-order valence-electron chi connectivity index (χ3n) is 1.81. The molecule has 0 aromatic heterocycles. The molecule has 4 heteroatoms. The van der Waals surface area contributed by atoms with E-state index in [1.165, 1.54) is 0 Å². The highest BCUT2D eigenvalue weighted by atomic mass is 16.5. The summed E-state index contributed by atoms with van der Waals surface area (Å²) in [5, 5.41) is 8.17. The molecule has 0 aromatic carbocycles. The van der Waals surface area contributed by atoms with Crippen LogP contribution < -0.4 is 5.48 Å². The Bertz CT molecular complexity index is 170. The van der Waals surface area contributed by atoms with Crippen LogP contribution in [-0.2, 0) is 9.59 Å². The van der Waals surface area contributed by atoms with E-state index in [1.54, 1.807) is 12.4 Å². The molecule has 2 N–H and O–H groups in total. The lowest BCUT2D eigenvalue weighted by atomic mass is 10.1. The fourth-order valence-corrected chi connectivity index (χ4v) is 1.07. The molecule has 0 rings (SSSR count). The minimum atomic E-state index is -0.341. The fourth-order valence-electron chi connectivity index (χ4n) is 1.07. The summed E-state index contributed by atoms with van der Waals surface area (Å²) in [5.41, 5.74) is 1.58. The van der Waals surface area contributed by atoms with Crippen molar-refractivity contribution in [1.29, 1.82) is 0 Å². The second-order valence-corrected chi connectivity index (χ2v) is 3.15. The van der Waals surface area contributed by atoms with Gasteiger partial charge in [0.05, 0.1) is 0 Å². The van der Waals surface area contributed by atoms with Crippen molar-refractivity contribution in [1.82, 2.24) is 5.48 Å². The highest BCUT2D eigenvalue weighted by Crippen LogP contribution is 2.05. The van der Waals surface area contributed by atoms with Crippen molar-refractivity contribution in [2.24, 2.45) is 0 Å². The number of hydrogen-bond acceptors (Lipinski definition) is 3. The van der Waals surface area contributed by atoms with Crippen LogP contribution in [-0.4, -0.2) is 16.9 Å². The Labute approximate surface area is 106 Å². The molecule has 0 heterocycles. The van der Waals surface area contributed by atoms with Gasteiger partial charge in [0, 0.05) is 12.8 Å². The smallest absolute Gasteiger partial charge is 0.243 e. The number of carbonyl (C=O) groups is 2. The van der Waals surface area contributed by atoms with Crippen molar-refractivity contribution in [2.75, 3.05) is 0 Å². The van der Waals surface area contributed by atoms with Crippen LogP contribution in [0.15, 0.2) is 0 Å². The van der Waals surface area contributed by atoms with E-state index in [0.717, 1.165) is 25.7 Å². The van der Waals surface area contributed by atoms with Gasteiger partial charge < -0.3 is 4.79 Å². The van der Waals surface area contributed by atoms with Crippen LogP contribution in [0, 0.1) is 0 Å². The summed E-state index contributed by atoms with van der Waals surface area (Å²) >= 11 is 0. The normalized spacial score (nSPS) is 8.12. The summed E-state index contributed by atoms with van der Waals surface area (Å²) in [4.78, 5) is 21.1. The van der Waals surface area contributed by atoms with Crippen molar-refractivity contribution in [3.63, 3.8) is 0 Å². The molecule has 0 radical (unpaired) electrons. The van der Waals surface area contributed by atoms with Gasteiger partial charge in [0.1, 0.15) is 5.78 Å². The first-order chi connectivity index (χ1) is 8.16. The standard InChI is InChI=1S/C9H17NO3.2C2H6/c1-8(11)6-4-2-3-5-7-9(12)10-13;2*1-2/h13H,2-7H2,1H3,(H,10,12);2*1-2H3. The number of hydrogen-bond donors (Lipinski definition) is 2. The molecule has 0 aliphatic rings. The highest BCUT2D eigenvalue weighted by molar-refractivity contribution is 5.75. The average Bonchev–Trinajstić information content (AvgIpc) is 2.37. The minimum absolute atomic E-state index is 0.216. The lowest BCUT2D eigenvalue weighted by Gasteiger charge is -1.99. The zero-order chi connectivity index (χ0) is 14.1. The average molecular weight is 247 g/mol. The van der Waals surface area contributed by atoms with Gasteiger partial charge in [-0.3, -0.25) is 10.0 Å². The van der Waals surface area contributed by atoms with Crippen LogP contribution in [0.3, 0.4) is 0 Å². The van der Waals surface area contributed by atoms with E-state index >= 15 is 0 Å². The van der Waals surface area contributed by atoms with Crippen LogP contribution in [0.25, 0.3) is 0 Å². The largest absolute Gasteiger partial charge is 0.300 e. The van der Waals surface area contributed by atoms with E-state index in [-0.39, 0.29) is 11.7 Å². The second-order valence-electron chi connectivity index (χ2n) is 3.15. The van der Waals surface area contributed by atoms with E-state index in [0.29, 0.717) is 12.8 Å². The Morgan fingerprint density at radius 1 is 0.882 bits per heavy atom. The van der Waals surface area contributed by atoms with Crippen molar-refractivity contribution >= 4 is 11.7 Å². The summed E-state index contributed by atoms with van der Waals surface area (Å²) < 4.78 is 0. The SMILES string of the molecule is CC.CC.CC(=O)CCCCCCC(=O)NO. The van der Waals surface area contributed by atoms with E-state index in [2.05, 4.69) is 0 Å². The molecule has 0 saturated carbocycles. The molecule has 0 unspecified atom stereocenters. The lowest BCUT2D eigenvalue weighted by molar-refractivity contribution is -0.129. The number of amides is 1. The molecule has 0 aliphatic heterocycles. The molecule has 0 saturated heterocycles. The zero-order valence-electron chi connectivity index (χ0n) is 12.0. The number of carbonyl (C=O) groups excluding carboxylic acids is 2. The molecular weight excluding hydrogens is 218 g/mol. The third-order valence-corrected chi connectivity index (χ3v) is 1.81. The molecule has 0 fully saturated rings. The van der Waals surface area contributed by atoms with Gasteiger partial charge in [0.15, 0.2) is 0 Å². The lowest BCUT2D eigenvalue weighted by Crippen LogP contribution is -2.17. The molecule has 0 aliphatic carbocycles. The van der Waals surface area contributed by atoms with Gasteiger partial charge in [-0.25, -0.2) is 5.48 Å². The molecule has 0 bridgehead atoms. The van der Waals surface area contributed by atoms with Gasteiger partial charge in [-0.2, -0.15) is 0 Å². The van der Waals surface area contributed by atoms with E-state index < -0.39 is 0 Å². The molecule has 0 aromatic rings. The van der Waals surface area contributed by atoms with Crippen molar-refractivity contribution in [3.8, 4) is 0 Å². The van der Waals surface area contributed by atoms with E-state index in [1.807, 2.05) is 27.7 Å². The zero-order valence-corrected chi connectivity index (χ0v) is 12.0. The number of ketones is 1. The first-order valence-electron chi connectivity index (χ1n) is 6.59. The Hall–Kier alpha value is -0.900. The molecule has 104 valence electrons. The Kier molecular flexibility index (Phi) is 25.8. The fraction of sp³-hybridized carbons (Fsp3) is 0.846. The highest BCUT2D eigenvalue weighted by Gasteiger charge is 1.98. The predicted octanol–water partition coefficient (Wildman–Crippen LogP) is 3.47. The summed E-state index contributed by atoms with van der Waals surface area (Å²) in [5.74, 6) is -0.125. The van der Waals surface area contributed by atoms with Crippen LogP contribution in [0.2, 0.25) is 0 Å². The van der Waals surface area contributed by atoms with Crippen LogP contribution >= 0.6 is 0 Å². The topological polar surface area (TPSA) is 66.4 Å². The van der Waals surface area contributed by atoms with Gasteiger partial charge in [-0.05, 0) is 19.8 Å². The van der Waals surface area contributed by atoms with Gasteiger partial charge >= 0.3 is 0 Å². The monoisotopic (exact) mass is 247 g/mol. The van der Waals surface area contributed by atoms with E-state index in [9.17, 15) is 9.59 Å². The summed E-state index contributed by atoms with van der Waals surface area (Å²) in [7, 11) is 0. The van der Waals surface area contributed by atoms with Gasteiger partial charge in [-0.1, -0.05) is 40.5 Å². The number of unbranched alkanes of at least 4 members (excludes halogenated alkanes) is 3. The minimum Gasteiger partial charge on any atom is -0.300 e. The predicted molar refractivity (Wildman–Crippen MR) is 71.0 cm³/mol. The summed E-state index contributed by atoms with van der Waals surface area (Å²) in [6, 6.07) is 0. The quantitative estimate of drug-likeness (QED) is 0.411. The number of rotatable bonds is 7. The maximum absolute atomic E-state index is 10.5. The molecular formula is C13H29NO3. The van der Waals surface area contributed by atoms with Crippen LogP contribution in [0.5, 0.6) is 0 Å². The van der Waals surface area contributed by atoms with Crippen molar-refractivity contribution in [3.05, 3.63) is 0 Å². The Morgan fingerprint density at radius 3 is 1.65 bits per heavy atom. The molecule has 0 atom stereocenters. The van der Waals surface area contributed by atoms with Gasteiger partial charge in [-0.15, -0.1) is 0 Å². The Morgan fingerprint density at radius 2 is 1.29 bits per heavy atom. The number of nitrogens with one attached hydrogen (secondary N) is 1. The van der Waals surface area contributed by atoms with Gasteiger partial charge in [0.25, 0.3) is 0 Å². The van der Waals surface area contributed by atoms with Crippen LogP contribution in [0.4, 0.5) is 0 Å². The van der Waals surface area contributed by atoms with Crippen LogP contribution in [0.1, 0.15) is 73.1 Å². The van der Waals surface area contributed by atoms with E-state index in [4.69, 9.17) is 5.21 Å². The number of hydroxylamine groups is 1. The second kappa shape index (κ2) is 20.5. The first-order valence-corrected chi connectivity index (χ1v) is 6.59. The summed E-state index contributed by atoms with van der Waals surface area (Å²) in [6.07, 6.45) is 4.56. The Balaban J connectivity index is -0.000000439. The van der Waals surface area contributed by atoms with Gasteiger partial charge in [0.2, 0.25) is 5.91 Å². The number of Topliss-reactive ketones (excluding diaryl/α,β-unsaturated/α-hetero) is 1. The first kappa shape index (κ1) is 21.4. The third kappa shape index (κ3) is 25.4. The summed E-state index contributed by atoms with van der Waals surface area (Å²) in [6.45, 7) is 9.58. The maximum atomic E-state index is 10.5. The molecule has 17 heavy (non-hydrogen) atoms. The molecule has 0 spiro atoms. The maximum Gasteiger partial charge on any atom is 0.243 e. The van der Waals surface area contributed by atoms with Crippen molar-refractivity contribution in [2.45, 2.75) is 73.1 Å².